The molecule has 3 aromatic heterocycles. The first-order valence-corrected chi connectivity index (χ1v) is 9.29. The maximum absolute atomic E-state index is 12.7. The SMILES string of the molecule is FC(F)(F)c1cccc(Nc2ncnc3cc(Br)sc23)c1.Nc1ccncn1. The number of nitrogens with two attached hydrogens (primary N) is 1. The van der Waals surface area contributed by atoms with Crippen molar-refractivity contribution in [1.82, 2.24) is 19.9 Å². The van der Waals surface area contributed by atoms with Crippen LogP contribution in [0.2, 0.25) is 0 Å². The number of thiophene rings is 1. The molecule has 0 saturated carbocycles. The third kappa shape index (κ3) is 5.14. The van der Waals surface area contributed by atoms with Crippen molar-refractivity contribution in [1.29, 1.82) is 0 Å². The largest absolute Gasteiger partial charge is 0.416 e. The molecule has 0 atom stereocenters. The predicted molar refractivity (Wildman–Crippen MR) is 106 cm³/mol. The van der Waals surface area contributed by atoms with Gasteiger partial charge in [-0.05, 0) is 46.3 Å². The lowest BCUT2D eigenvalue weighted by molar-refractivity contribution is -0.137. The lowest BCUT2D eigenvalue weighted by Gasteiger charge is -2.10. The van der Waals surface area contributed by atoms with Crippen molar-refractivity contribution in [3.8, 4) is 0 Å². The van der Waals surface area contributed by atoms with Gasteiger partial charge in [0.05, 0.1) is 19.6 Å². The highest BCUT2D eigenvalue weighted by atomic mass is 79.9. The summed E-state index contributed by atoms with van der Waals surface area (Å²) in [5, 5.41) is 2.91. The van der Waals surface area contributed by atoms with Gasteiger partial charge in [-0.1, -0.05) is 6.07 Å². The molecule has 0 bridgehead atoms. The minimum atomic E-state index is -4.37. The van der Waals surface area contributed by atoms with Gasteiger partial charge in [0.1, 0.15) is 18.5 Å². The van der Waals surface area contributed by atoms with Crippen LogP contribution >= 0.6 is 27.3 Å². The summed E-state index contributed by atoms with van der Waals surface area (Å²) in [6, 6.07) is 8.47. The molecule has 0 aliphatic rings. The van der Waals surface area contributed by atoms with E-state index in [-0.39, 0.29) is 0 Å². The number of alkyl halides is 3. The summed E-state index contributed by atoms with van der Waals surface area (Å²) in [5.41, 5.74) is 5.56. The second-order valence-electron chi connectivity index (χ2n) is 5.32. The third-order valence-corrected chi connectivity index (χ3v) is 4.97. The normalized spacial score (nSPS) is 11.0. The molecule has 0 amide bonds. The zero-order valence-electron chi connectivity index (χ0n) is 14.0. The number of nitrogens with zero attached hydrogens (tertiary/aromatic N) is 4. The summed E-state index contributed by atoms with van der Waals surface area (Å²) < 4.78 is 39.8. The fraction of sp³-hybridized carbons (Fsp3) is 0.0588. The van der Waals surface area contributed by atoms with Gasteiger partial charge in [-0.2, -0.15) is 13.2 Å². The number of halogens is 4. The molecule has 0 spiro atoms. The van der Waals surface area contributed by atoms with Crippen LogP contribution < -0.4 is 11.1 Å². The van der Waals surface area contributed by atoms with Gasteiger partial charge in [0, 0.05) is 11.9 Å². The Hall–Kier alpha value is -2.79. The summed E-state index contributed by atoms with van der Waals surface area (Å²) in [4.78, 5) is 15.5. The molecule has 0 saturated heterocycles. The highest BCUT2D eigenvalue weighted by Crippen LogP contribution is 2.35. The molecule has 6 nitrogen and oxygen atoms in total. The number of anilines is 3. The van der Waals surface area contributed by atoms with Gasteiger partial charge in [0.25, 0.3) is 0 Å². The molecule has 28 heavy (non-hydrogen) atoms. The molecule has 0 radical (unpaired) electrons. The van der Waals surface area contributed by atoms with Crippen molar-refractivity contribution in [2.75, 3.05) is 11.1 Å². The summed E-state index contributed by atoms with van der Waals surface area (Å²) in [6.45, 7) is 0. The molecule has 0 unspecified atom stereocenters. The molecule has 3 heterocycles. The molecule has 11 heteroatoms. The van der Waals surface area contributed by atoms with Crippen LogP contribution in [-0.4, -0.2) is 19.9 Å². The van der Waals surface area contributed by atoms with Gasteiger partial charge in [-0.15, -0.1) is 11.3 Å². The topological polar surface area (TPSA) is 89.6 Å². The van der Waals surface area contributed by atoms with E-state index in [4.69, 9.17) is 5.73 Å². The Morgan fingerprint density at radius 3 is 2.50 bits per heavy atom. The number of hydrogen-bond acceptors (Lipinski definition) is 7. The van der Waals surface area contributed by atoms with Crippen LogP contribution in [0.25, 0.3) is 10.2 Å². The lowest BCUT2D eigenvalue weighted by atomic mass is 10.2. The number of hydrogen-bond donors (Lipinski definition) is 2. The first kappa shape index (κ1) is 20.0. The number of fused-ring (bicyclic) bond motifs is 1. The van der Waals surface area contributed by atoms with Crippen molar-refractivity contribution in [2.24, 2.45) is 0 Å². The smallest absolute Gasteiger partial charge is 0.384 e. The first-order valence-electron chi connectivity index (χ1n) is 7.69. The van der Waals surface area contributed by atoms with Crippen LogP contribution in [-0.2, 0) is 6.18 Å². The van der Waals surface area contributed by atoms with Crippen LogP contribution in [0.4, 0.5) is 30.5 Å². The Morgan fingerprint density at radius 1 is 1.04 bits per heavy atom. The van der Waals surface area contributed by atoms with Crippen molar-refractivity contribution in [3.63, 3.8) is 0 Å². The van der Waals surface area contributed by atoms with Gasteiger partial charge >= 0.3 is 6.18 Å². The summed E-state index contributed by atoms with van der Waals surface area (Å²) >= 11 is 4.77. The molecule has 4 aromatic rings. The van der Waals surface area contributed by atoms with E-state index in [1.165, 1.54) is 30.1 Å². The maximum atomic E-state index is 12.7. The summed E-state index contributed by atoms with van der Waals surface area (Å²) in [6.07, 6.45) is 0.0136. The van der Waals surface area contributed by atoms with E-state index < -0.39 is 11.7 Å². The van der Waals surface area contributed by atoms with Gasteiger partial charge in [0.15, 0.2) is 5.82 Å². The Morgan fingerprint density at radius 2 is 1.86 bits per heavy atom. The Labute approximate surface area is 169 Å². The van der Waals surface area contributed by atoms with Crippen LogP contribution in [0.3, 0.4) is 0 Å². The molecular weight excluding hydrogens is 457 g/mol. The van der Waals surface area contributed by atoms with Crippen molar-refractivity contribution < 1.29 is 13.2 Å². The average molecular weight is 469 g/mol. The second-order valence-corrected chi connectivity index (χ2v) is 7.76. The molecule has 3 N–H and O–H groups in total. The van der Waals surface area contributed by atoms with E-state index in [0.717, 1.165) is 26.1 Å². The van der Waals surface area contributed by atoms with Crippen LogP contribution in [0.15, 0.2) is 59.0 Å². The van der Waals surface area contributed by atoms with Gasteiger partial charge in [-0.3, -0.25) is 0 Å². The molecular formula is C17H12BrF3N6S. The van der Waals surface area contributed by atoms with Crippen molar-refractivity contribution in [3.05, 3.63) is 64.6 Å². The molecule has 0 aliphatic heterocycles. The third-order valence-electron chi connectivity index (χ3n) is 3.34. The van der Waals surface area contributed by atoms with E-state index in [1.807, 2.05) is 6.07 Å². The monoisotopic (exact) mass is 468 g/mol. The number of rotatable bonds is 2. The van der Waals surface area contributed by atoms with E-state index in [9.17, 15) is 13.2 Å². The van der Waals surface area contributed by atoms with Crippen LogP contribution in [0.5, 0.6) is 0 Å². The Bertz CT molecular complexity index is 1070. The van der Waals surface area contributed by atoms with E-state index in [0.29, 0.717) is 17.3 Å². The van der Waals surface area contributed by atoms with E-state index in [2.05, 4.69) is 41.2 Å². The van der Waals surface area contributed by atoms with Crippen LogP contribution in [0.1, 0.15) is 5.56 Å². The Balaban J connectivity index is 0.000000271. The molecule has 0 fully saturated rings. The highest BCUT2D eigenvalue weighted by molar-refractivity contribution is 9.11. The molecule has 0 aliphatic carbocycles. The predicted octanol–water partition coefficient (Wildman–Crippen LogP) is 5.28. The first-order chi connectivity index (χ1) is 13.3. The minimum absolute atomic E-state index is 0.328. The van der Waals surface area contributed by atoms with Crippen molar-refractivity contribution in [2.45, 2.75) is 6.18 Å². The standard InChI is InChI=1S/C13H7BrF3N3S.C4H5N3/c14-10-5-9-11(21-10)12(19-6-18-9)20-8-3-1-2-7(4-8)13(15,16)17;5-4-1-2-6-3-7-4/h1-6H,(H,18,19,20);1-3H,(H2,5,6,7). The van der Waals surface area contributed by atoms with E-state index >= 15 is 0 Å². The molecule has 4 rings (SSSR count). The number of benzene rings is 1. The second kappa shape index (κ2) is 8.48. The van der Waals surface area contributed by atoms with Gasteiger partial charge < -0.3 is 11.1 Å². The zero-order chi connectivity index (χ0) is 20.1. The highest BCUT2D eigenvalue weighted by Gasteiger charge is 2.30. The fourth-order valence-electron chi connectivity index (χ4n) is 2.13. The van der Waals surface area contributed by atoms with Gasteiger partial charge in [0.2, 0.25) is 0 Å². The quantitative estimate of drug-likeness (QED) is 0.416. The molecule has 1 aromatic carbocycles. The van der Waals surface area contributed by atoms with Crippen LogP contribution in [0, 0.1) is 0 Å². The fourth-order valence-corrected chi connectivity index (χ4v) is 3.61. The van der Waals surface area contributed by atoms with Crippen molar-refractivity contribution >= 4 is 54.8 Å². The maximum Gasteiger partial charge on any atom is 0.416 e. The molecule has 144 valence electrons. The number of aromatic nitrogens is 4. The number of nitrogen functional groups attached to an aromatic ring is 1. The average Bonchev–Trinajstić information content (AvgIpc) is 3.04. The zero-order valence-corrected chi connectivity index (χ0v) is 16.4. The number of nitrogens with one attached hydrogen (secondary N) is 1. The van der Waals surface area contributed by atoms with E-state index in [1.54, 1.807) is 18.3 Å². The Kier molecular flexibility index (Phi) is 6.05. The lowest BCUT2D eigenvalue weighted by Crippen LogP contribution is -2.05. The minimum Gasteiger partial charge on any atom is -0.384 e. The summed E-state index contributed by atoms with van der Waals surface area (Å²) in [7, 11) is 0. The summed E-state index contributed by atoms with van der Waals surface area (Å²) in [5.74, 6) is 0.991. The van der Waals surface area contributed by atoms with Gasteiger partial charge in [-0.25, -0.2) is 19.9 Å².